The molecule has 5 nitrogen and oxygen atoms in total. The number of aromatic nitrogens is 1. The first-order valence-corrected chi connectivity index (χ1v) is 1.77. The third-order valence-electron chi connectivity index (χ3n) is 0.558. The van der Waals surface area contributed by atoms with Crippen molar-refractivity contribution in [2.75, 3.05) is 0 Å². The fourth-order valence-corrected chi connectivity index (χ4v) is 0.265. The highest BCUT2D eigenvalue weighted by Crippen LogP contribution is 2.04. The second-order valence-corrected chi connectivity index (χ2v) is 1.05. The van der Waals surface area contributed by atoms with E-state index in [1.54, 1.807) is 0 Å². The summed E-state index contributed by atoms with van der Waals surface area (Å²) in [5, 5.41) is 9.71. The molecule has 0 spiro atoms. The fraction of sp³-hybridized carbons (Fsp3) is 0. The molecule has 1 heterocycles. The van der Waals surface area contributed by atoms with Crippen LogP contribution < -0.4 is 0 Å². The van der Waals surface area contributed by atoms with E-state index in [0.29, 0.717) is 0 Å². The topological polar surface area (TPSA) is 69.2 Å². The van der Waals surface area contributed by atoms with Crippen LogP contribution in [-0.4, -0.2) is 9.91 Å². The number of hydrogen-bond acceptors (Lipinski definition) is 4. The molecule has 5 heteroatoms. The number of rotatable bonds is 1. The Balaban J connectivity index is 2.93. The normalized spacial score (nSPS) is 9.00. The highest BCUT2D eigenvalue weighted by molar-refractivity contribution is 5.03. The zero-order chi connectivity index (χ0) is 5.98. The van der Waals surface area contributed by atoms with Crippen LogP contribution in [-0.2, 0) is 0 Å². The van der Waals surface area contributed by atoms with E-state index >= 15 is 0 Å². The molecule has 0 aliphatic carbocycles. The molecule has 8 heavy (non-hydrogen) atoms. The van der Waals surface area contributed by atoms with E-state index in [1.165, 1.54) is 0 Å². The lowest BCUT2D eigenvalue weighted by atomic mass is 10.8. The average molecular weight is 113 g/mol. The average Bonchev–Trinajstić information content (AvgIpc) is 2.12. The lowest BCUT2D eigenvalue weighted by molar-refractivity contribution is -0.402. The maximum absolute atomic E-state index is 9.71. The van der Waals surface area contributed by atoms with Gasteiger partial charge in [-0.3, -0.25) is 10.1 Å². The van der Waals surface area contributed by atoms with Crippen LogP contribution in [0.1, 0.15) is 0 Å². The molecule has 0 unspecified atom stereocenters. The SMILES string of the molecule is O=[N+]([O-])c1cn[c]o1. The second kappa shape index (κ2) is 1.61. The molecule has 0 saturated carbocycles. The highest BCUT2D eigenvalue weighted by Gasteiger charge is 2.06. The number of nitro groups is 1. The van der Waals surface area contributed by atoms with Gasteiger partial charge in [-0.25, -0.2) is 4.98 Å². The quantitative estimate of drug-likeness (QED) is 0.390. The molecule has 0 aromatic carbocycles. The first kappa shape index (κ1) is 4.76. The van der Waals surface area contributed by atoms with E-state index in [4.69, 9.17) is 0 Å². The number of oxazole rings is 1. The number of nitrogens with zero attached hydrogens (tertiary/aromatic N) is 2. The van der Waals surface area contributed by atoms with Crippen LogP contribution in [0, 0.1) is 16.5 Å². The van der Waals surface area contributed by atoms with Crippen LogP contribution in [0.25, 0.3) is 0 Å². The van der Waals surface area contributed by atoms with Crippen molar-refractivity contribution in [1.82, 2.24) is 4.98 Å². The molecule has 0 N–H and O–H groups in total. The zero-order valence-electron chi connectivity index (χ0n) is 3.70. The molecule has 0 aliphatic rings. The Morgan fingerprint density at radius 3 is 3.00 bits per heavy atom. The Morgan fingerprint density at radius 2 is 2.75 bits per heavy atom. The summed E-state index contributed by atoms with van der Waals surface area (Å²) in [6.07, 6.45) is 2.93. The van der Waals surface area contributed by atoms with Crippen LogP contribution >= 0.6 is 0 Å². The first-order chi connectivity index (χ1) is 3.80. The van der Waals surface area contributed by atoms with Gasteiger partial charge in [0.25, 0.3) is 6.39 Å². The van der Waals surface area contributed by atoms with Gasteiger partial charge in [-0.15, -0.1) is 0 Å². The van der Waals surface area contributed by atoms with Gasteiger partial charge in [0.1, 0.15) is 11.1 Å². The fourth-order valence-electron chi connectivity index (χ4n) is 0.265. The molecule has 0 amide bonds. The van der Waals surface area contributed by atoms with Crippen molar-refractivity contribution in [2.45, 2.75) is 0 Å². The smallest absolute Gasteiger partial charge is 0.375 e. The Morgan fingerprint density at radius 1 is 2.00 bits per heavy atom. The van der Waals surface area contributed by atoms with Gasteiger partial charge in [-0.2, -0.15) is 0 Å². The van der Waals surface area contributed by atoms with Gasteiger partial charge >= 0.3 is 5.88 Å². The molecule has 0 aliphatic heterocycles. The first-order valence-electron chi connectivity index (χ1n) is 1.77. The van der Waals surface area contributed by atoms with Crippen molar-refractivity contribution in [3.05, 3.63) is 22.7 Å². The van der Waals surface area contributed by atoms with E-state index in [0.717, 1.165) is 6.20 Å². The van der Waals surface area contributed by atoms with Gasteiger partial charge < -0.3 is 4.42 Å². The van der Waals surface area contributed by atoms with Gasteiger partial charge in [0.15, 0.2) is 0 Å². The minimum absolute atomic E-state index is 0.384. The van der Waals surface area contributed by atoms with Gasteiger partial charge in [0.05, 0.1) is 0 Å². The summed E-state index contributed by atoms with van der Waals surface area (Å²) in [7, 11) is 0. The van der Waals surface area contributed by atoms with E-state index in [9.17, 15) is 10.1 Å². The summed E-state index contributed by atoms with van der Waals surface area (Å²) < 4.78 is 4.16. The second-order valence-electron chi connectivity index (χ2n) is 1.05. The minimum Gasteiger partial charge on any atom is -0.375 e. The summed E-state index contributed by atoms with van der Waals surface area (Å²) in [5.74, 6) is -0.384. The Kier molecular flexibility index (Phi) is 0.957. The molecule has 1 aromatic rings. The Bertz CT molecular complexity index is 180. The van der Waals surface area contributed by atoms with Gasteiger partial charge in [-0.05, 0) is 0 Å². The van der Waals surface area contributed by atoms with Crippen LogP contribution in [0.15, 0.2) is 10.6 Å². The molecule has 0 saturated heterocycles. The monoisotopic (exact) mass is 113 g/mol. The summed E-state index contributed by atoms with van der Waals surface area (Å²) in [6.45, 7) is 0. The maximum atomic E-state index is 9.71. The molecule has 0 fully saturated rings. The van der Waals surface area contributed by atoms with Crippen molar-refractivity contribution in [3.63, 3.8) is 0 Å². The van der Waals surface area contributed by atoms with Crippen LogP contribution in [0.3, 0.4) is 0 Å². The molecule has 1 radical (unpaired) electrons. The van der Waals surface area contributed by atoms with Crippen molar-refractivity contribution >= 4 is 5.88 Å². The lowest BCUT2D eigenvalue weighted by Crippen LogP contribution is -1.82. The predicted octanol–water partition coefficient (Wildman–Crippen LogP) is 0.383. The molecule has 41 valence electrons. The van der Waals surface area contributed by atoms with E-state index in [1.807, 2.05) is 6.39 Å². The molecule has 0 atom stereocenters. The highest BCUT2D eigenvalue weighted by atomic mass is 16.6. The largest absolute Gasteiger partial charge is 0.453 e. The maximum Gasteiger partial charge on any atom is 0.453 e. The Labute approximate surface area is 44.1 Å². The summed E-state index contributed by atoms with van der Waals surface area (Å²) in [6, 6.07) is 0. The van der Waals surface area contributed by atoms with E-state index < -0.39 is 4.92 Å². The standard InChI is InChI=1S/C3HN2O3/c6-5(7)3-1-4-2-8-3/h1H. The lowest BCUT2D eigenvalue weighted by Gasteiger charge is -1.74. The third kappa shape index (κ3) is 0.651. The zero-order valence-corrected chi connectivity index (χ0v) is 3.70. The van der Waals surface area contributed by atoms with Crippen molar-refractivity contribution in [2.24, 2.45) is 0 Å². The van der Waals surface area contributed by atoms with E-state index in [2.05, 4.69) is 9.40 Å². The van der Waals surface area contributed by atoms with Crippen LogP contribution in [0.5, 0.6) is 0 Å². The van der Waals surface area contributed by atoms with Crippen molar-refractivity contribution in [1.29, 1.82) is 0 Å². The van der Waals surface area contributed by atoms with Gasteiger partial charge in [-0.1, -0.05) is 0 Å². The van der Waals surface area contributed by atoms with Crippen LogP contribution in [0.4, 0.5) is 5.88 Å². The summed E-state index contributed by atoms with van der Waals surface area (Å²) in [4.78, 5) is 12.2. The third-order valence-corrected chi connectivity index (χ3v) is 0.558. The predicted molar refractivity (Wildman–Crippen MR) is 22.0 cm³/mol. The Hall–Kier alpha value is -1.39. The van der Waals surface area contributed by atoms with Crippen molar-refractivity contribution < 1.29 is 9.34 Å². The van der Waals surface area contributed by atoms with E-state index in [-0.39, 0.29) is 5.88 Å². The molecule has 0 bridgehead atoms. The molecular formula is C3HN2O3. The molecular weight excluding hydrogens is 112 g/mol. The molecule has 1 aromatic heterocycles. The van der Waals surface area contributed by atoms with Gasteiger partial charge in [0.2, 0.25) is 0 Å². The summed E-state index contributed by atoms with van der Waals surface area (Å²) >= 11 is 0. The van der Waals surface area contributed by atoms with Gasteiger partial charge in [0, 0.05) is 0 Å². The van der Waals surface area contributed by atoms with Crippen LogP contribution in [0.2, 0.25) is 0 Å². The number of hydrogen-bond donors (Lipinski definition) is 0. The summed E-state index contributed by atoms with van der Waals surface area (Å²) in [5.41, 5.74) is 0. The molecule has 1 rings (SSSR count). The van der Waals surface area contributed by atoms with Crippen molar-refractivity contribution in [3.8, 4) is 0 Å². The minimum atomic E-state index is -0.677.